The lowest BCUT2D eigenvalue weighted by molar-refractivity contribution is 0.0912. The molecule has 4 N–H and O–H groups in total. The van der Waals surface area contributed by atoms with Crippen molar-refractivity contribution in [3.63, 3.8) is 0 Å². The third kappa shape index (κ3) is 4.32. The maximum Gasteiger partial charge on any atom is 0.254 e. The van der Waals surface area contributed by atoms with Gasteiger partial charge in [-0.2, -0.15) is 0 Å². The van der Waals surface area contributed by atoms with Crippen LogP contribution in [0.1, 0.15) is 22.0 Å². The van der Waals surface area contributed by atoms with Gasteiger partial charge in [-0.15, -0.1) is 0 Å². The fourth-order valence-electron chi connectivity index (χ4n) is 2.66. The number of nitrogen functional groups attached to an aromatic ring is 1. The van der Waals surface area contributed by atoms with Gasteiger partial charge in [0.1, 0.15) is 23.1 Å². The number of carbonyl (C=O) groups excluding carboxylic acids is 1. The minimum absolute atomic E-state index is 0.135. The number of benzene rings is 2. The van der Waals surface area contributed by atoms with Crippen LogP contribution < -0.4 is 11.1 Å². The molecule has 1 atom stereocenters. The summed E-state index contributed by atoms with van der Waals surface area (Å²) >= 11 is 3.15. The smallest absolute Gasteiger partial charge is 0.254 e. The van der Waals surface area contributed by atoms with E-state index >= 15 is 0 Å². The molecular formula is C19H15BrF2N4O2. The first-order valence-electron chi connectivity index (χ1n) is 8.13. The van der Waals surface area contributed by atoms with E-state index in [-0.39, 0.29) is 11.4 Å². The summed E-state index contributed by atoms with van der Waals surface area (Å²) in [5, 5.41) is 12.1. The Bertz CT molecular complexity index is 1010. The largest absolute Gasteiger partial charge is 0.394 e. The van der Waals surface area contributed by atoms with E-state index in [2.05, 4.69) is 31.2 Å². The van der Waals surface area contributed by atoms with E-state index in [1.807, 2.05) is 0 Å². The minimum Gasteiger partial charge on any atom is -0.394 e. The summed E-state index contributed by atoms with van der Waals surface area (Å²) in [5.41, 5.74) is 6.50. The van der Waals surface area contributed by atoms with E-state index in [0.29, 0.717) is 21.3 Å². The highest BCUT2D eigenvalue weighted by atomic mass is 79.9. The summed E-state index contributed by atoms with van der Waals surface area (Å²) in [5.74, 6) is -1.95. The average molecular weight is 449 g/mol. The summed E-state index contributed by atoms with van der Waals surface area (Å²) in [7, 11) is 0. The first-order chi connectivity index (χ1) is 13.4. The molecule has 0 radical (unpaired) electrons. The fraction of sp³-hybridized carbons (Fsp3) is 0.105. The minimum atomic E-state index is -0.908. The predicted molar refractivity (Wildman–Crippen MR) is 103 cm³/mol. The Morgan fingerprint density at radius 1 is 1.18 bits per heavy atom. The summed E-state index contributed by atoms with van der Waals surface area (Å²) < 4.78 is 28.6. The van der Waals surface area contributed by atoms with Crippen LogP contribution in [0, 0.1) is 11.6 Å². The van der Waals surface area contributed by atoms with Gasteiger partial charge in [-0.05, 0) is 35.9 Å². The Labute approximate surface area is 167 Å². The van der Waals surface area contributed by atoms with Crippen molar-refractivity contribution in [2.45, 2.75) is 6.04 Å². The molecule has 0 saturated heterocycles. The zero-order valence-electron chi connectivity index (χ0n) is 14.4. The Hall–Kier alpha value is -2.91. The van der Waals surface area contributed by atoms with Crippen LogP contribution in [-0.2, 0) is 0 Å². The maximum atomic E-state index is 14.5. The normalized spacial score (nSPS) is 11.9. The van der Waals surface area contributed by atoms with Crippen LogP contribution in [0.3, 0.4) is 0 Å². The monoisotopic (exact) mass is 448 g/mol. The van der Waals surface area contributed by atoms with E-state index in [1.54, 1.807) is 6.07 Å². The molecule has 0 spiro atoms. The Kier molecular flexibility index (Phi) is 5.96. The number of aromatic nitrogens is 2. The van der Waals surface area contributed by atoms with Crippen LogP contribution in [0.5, 0.6) is 0 Å². The van der Waals surface area contributed by atoms with Crippen LogP contribution in [0.2, 0.25) is 0 Å². The van der Waals surface area contributed by atoms with Gasteiger partial charge in [-0.25, -0.2) is 13.8 Å². The number of carbonyl (C=O) groups is 1. The number of nitrogens with one attached hydrogen (secondary N) is 1. The van der Waals surface area contributed by atoms with Crippen LogP contribution in [0.15, 0.2) is 53.3 Å². The molecule has 1 aromatic heterocycles. The zero-order valence-corrected chi connectivity index (χ0v) is 16.0. The molecule has 0 aliphatic carbocycles. The molecule has 0 bridgehead atoms. The van der Waals surface area contributed by atoms with E-state index in [0.717, 1.165) is 6.07 Å². The third-order valence-corrected chi connectivity index (χ3v) is 4.45. The van der Waals surface area contributed by atoms with E-state index in [4.69, 9.17) is 5.73 Å². The number of hydrogen-bond acceptors (Lipinski definition) is 5. The lowest BCUT2D eigenvalue weighted by Crippen LogP contribution is -2.31. The maximum absolute atomic E-state index is 14.5. The average Bonchev–Trinajstić information content (AvgIpc) is 2.65. The summed E-state index contributed by atoms with van der Waals surface area (Å²) in [6.07, 6.45) is 2.84. The highest BCUT2D eigenvalue weighted by molar-refractivity contribution is 9.10. The molecule has 0 saturated carbocycles. The lowest BCUT2D eigenvalue weighted by atomic mass is 10.0. The zero-order chi connectivity index (χ0) is 20.3. The number of nitrogens with zero attached hydrogens (tertiary/aromatic N) is 2. The number of anilines is 1. The van der Waals surface area contributed by atoms with Gasteiger partial charge in [-0.1, -0.05) is 22.0 Å². The lowest BCUT2D eigenvalue weighted by Gasteiger charge is -2.18. The molecule has 3 rings (SSSR count). The highest BCUT2D eigenvalue weighted by Gasteiger charge is 2.19. The van der Waals surface area contributed by atoms with Crippen LogP contribution >= 0.6 is 15.9 Å². The predicted octanol–water partition coefficient (Wildman–Crippen LogP) is 3.23. The van der Waals surface area contributed by atoms with Crippen molar-refractivity contribution in [2.75, 3.05) is 12.3 Å². The van der Waals surface area contributed by atoms with Crippen molar-refractivity contribution in [1.82, 2.24) is 15.3 Å². The molecule has 144 valence electrons. The van der Waals surface area contributed by atoms with Gasteiger partial charge in [-0.3, -0.25) is 9.78 Å². The molecule has 28 heavy (non-hydrogen) atoms. The number of nitrogens with two attached hydrogens (primary N) is 1. The van der Waals surface area contributed by atoms with Gasteiger partial charge in [0, 0.05) is 22.4 Å². The van der Waals surface area contributed by atoms with Crippen molar-refractivity contribution in [3.05, 3.63) is 76.0 Å². The molecule has 0 fully saturated rings. The number of aliphatic hydroxyl groups is 1. The van der Waals surface area contributed by atoms with Crippen LogP contribution in [-0.4, -0.2) is 27.6 Å². The van der Waals surface area contributed by atoms with Gasteiger partial charge >= 0.3 is 0 Å². The van der Waals surface area contributed by atoms with Gasteiger partial charge in [0.2, 0.25) is 0 Å². The van der Waals surface area contributed by atoms with E-state index in [1.165, 1.54) is 36.7 Å². The second kappa shape index (κ2) is 8.41. The van der Waals surface area contributed by atoms with Gasteiger partial charge < -0.3 is 16.2 Å². The molecule has 1 amide bonds. The Morgan fingerprint density at radius 2 is 1.93 bits per heavy atom. The van der Waals surface area contributed by atoms with Crippen LogP contribution in [0.25, 0.3) is 11.3 Å². The van der Waals surface area contributed by atoms with E-state index in [9.17, 15) is 18.7 Å². The molecule has 0 unspecified atom stereocenters. The number of amides is 1. The number of rotatable bonds is 5. The van der Waals surface area contributed by atoms with Crippen LogP contribution in [0.4, 0.5) is 14.6 Å². The number of aliphatic hydroxyl groups excluding tert-OH is 1. The number of hydrogen-bond donors (Lipinski definition) is 3. The summed E-state index contributed by atoms with van der Waals surface area (Å²) in [6.45, 7) is -0.489. The molecule has 2 aromatic carbocycles. The molecule has 0 aliphatic heterocycles. The van der Waals surface area contributed by atoms with Crippen molar-refractivity contribution in [3.8, 4) is 11.3 Å². The highest BCUT2D eigenvalue weighted by Crippen LogP contribution is 2.25. The SMILES string of the molecule is Nc1nccnc1-c1ccc(C(=O)N[C@H](CO)c2cc(F)cc(Br)c2)c(F)c1. The first kappa shape index (κ1) is 19.8. The Balaban J connectivity index is 1.85. The molecule has 1 heterocycles. The number of halogens is 3. The fourth-order valence-corrected chi connectivity index (χ4v) is 3.15. The van der Waals surface area contributed by atoms with Gasteiger partial charge in [0.05, 0.1) is 18.2 Å². The first-order valence-corrected chi connectivity index (χ1v) is 8.92. The van der Waals surface area contributed by atoms with Crippen molar-refractivity contribution in [2.24, 2.45) is 0 Å². The van der Waals surface area contributed by atoms with E-state index < -0.39 is 30.2 Å². The molecule has 6 nitrogen and oxygen atoms in total. The summed E-state index contributed by atoms with van der Waals surface area (Å²) in [4.78, 5) is 20.4. The topological polar surface area (TPSA) is 101 Å². The van der Waals surface area contributed by atoms with Crippen molar-refractivity contribution >= 4 is 27.7 Å². The quantitative estimate of drug-likeness (QED) is 0.556. The third-order valence-electron chi connectivity index (χ3n) is 3.99. The van der Waals surface area contributed by atoms with Crippen molar-refractivity contribution in [1.29, 1.82) is 0 Å². The molecular weight excluding hydrogens is 434 g/mol. The molecule has 3 aromatic rings. The second-order valence-corrected chi connectivity index (χ2v) is 6.81. The van der Waals surface area contributed by atoms with Crippen molar-refractivity contribution < 1.29 is 18.7 Å². The molecule has 9 heteroatoms. The summed E-state index contributed by atoms with van der Waals surface area (Å²) in [6, 6.07) is 6.98. The van der Waals surface area contributed by atoms with Gasteiger partial charge in [0.25, 0.3) is 5.91 Å². The van der Waals surface area contributed by atoms with Gasteiger partial charge in [0.15, 0.2) is 0 Å². The molecule has 0 aliphatic rings. The second-order valence-electron chi connectivity index (χ2n) is 5.90. The standard InChI is InChI=1S/C19H15BrF2N4O2/c20-12-5-11(6-13(21)8-12)16(9-27)26-19(28)14-2-1-10(7-15(14)22)17-18(23)25-4-3-24-17/h1-8,16,27H,9H2,(H2,23,25)(H,26,28)/t16-/m1/s1. The Morgan fingerprint density at radius 3 is 2.57 bits per heavy atom.